The van der Waals surface area contributed by atoms with Crippen molar-refractivity contribution >= 4 is 22.5 Å². The molecule has 1 saturated heterocycles. The maximum atomic E-state index is 12.5. The number of fused-ring (bicyclic) bond motifs is 3. The summed E-state index contributed by atoms with van der Waals surface area (Å²) < 4.78 is 1.92. The quantitative estimate of drug-likeness (QED) is 0.792. The number of hydrogen-bond acceptors (Lipinski definition) is 4. The van der Waals surface area contributed by atoms with Gasteiger partial charge >= 0.3 is 0 Å². The maximum absolute atomic E-state index is 12.5. The van der Waals surface area contributed by atoms with Crippen molar-refractivity contribution in [3.63, 3.8) is 0 Å². The van der Waals surface area contributed by atoms with Crippen LogP contribution in [0.25, 0.3) is 16.6 Å². The number of aromatic nitrogens is 3. The van der Waals surface area contributed by atoms with Crippen molar-refractivity contribution < 1.29 is 4.79 Å². The third-order valence-corrected chi connectivity index (χ3v) is 5.08. The summed E-state index contributed by atoms with van der Waals surface area (Å²) in [6.45, 7) is 7.48. The van der Waals surface area contributed by atoms with Gasteiger partial charge in [-0.05, 0) is 38.0 Å². The summed E-state index contributed by atoms with van der Waals surface area (Å²) in [5.41, 5.74) is 5.04. The summed E-state index contributed by atoms with van der Waals surface area (Å²) in [6, 6.07) is 8.06. The van der Waals surface area contributed by atoms with E-state index in [1.54, 1.807) is 0 Å². The van der Waals surface area contributed by atoms with Gasteiger partial charge < -0.3 is 10.2 Å². The van der Waals surface area contributed by atoms with Gasteiger partial charge in [0.05, 0.1) is 5.52 Å². The number of benzene rings is 1. The van der Waals surface area contributed by atoms with Crippen LogP contribution in [-0.4, -0.2) is 51.6 Å². The molecule has 0 atom stereocenters. The standard InChI is InChI=1S/C19H23N5O/c1-13-15(7-8-18(25)23-11-9-20-10-12-23)14(2)24-19(21-13)16-5-3-4-6-17(16)22-24/h3-6,20H,7-12H2,1-2H3. The third-order valence-electron chi connectivity index (χ3n) is 5.08. The van der Waals surface area contributed by atoms with Gasteiger partial charge in [-0.15, -0.1) is 0 Å². The predicted octanol–water partition coefficient (Wildman–Crippen LogP) is 1.86. The normalized spacial score (nSPS) is 15.2. The van der Waals surface area contributed by atoms with Gasteiger partial charge in [0.2, 0.25) is 5.91 Å². The number of nitrogens with one attached hydrogen (secondary N) is 1. The van der Waals surface area contributed by atoms with E-state index in [-0.39, 0.29) is 5.91 Å². The molecule has 1 aromatic carbocycles. The largest absolute Gasteiger partial charge is 0.340 e. The van der Waals surface area contributed by atoms with Crippen molar-refractivity contribution in [1.82, 2.24) is 24.8 Å². The first-order valence-corrected chi connectivity index (χ1v) is 8.87. The van der Waals surface area contributed by atoms with E-state index in [1.807, 2.05) is 34.5 Å². The molecule has 0 radical (unpaired) electrons. The second kappa shape index (κ2) is 6.44. The van der Waals surface area contributed by atoms with E-state index in [2.05, 4.69) is 23.4 Å². The molecule has 4 rings (SSSR count). The minimum absolute atomic E-state index is 0.228. The van der Waals surface area contributed by atoms with Crippen LogP contribution >= 0.6 is 0 Å². The first-order chi connectivity index (χ1) is 12.1. The second-order valence-electron chi connectivity index (χ2n) is 6.64. The fourth-order valence-electron chi connectivity index (χ4n) is 3.64. The molecule has 1 fully saturated rings. The van der Waals surface area contributed by atoms with Gasteiger partial charge in [0, 0.05) is 49.4 Å². The zero-order chi connectivity index (χ0) is 17.4. The van der Waals surface area contributed by atoms with Gasteiger partial charge in [-0.3, -0.25) is 4.79 Å². The molecule has 1 aliphatic rings. The van der Waals surface area contributed by atoms with Crippen LogP contribution < -0.4 is 5.32 Å². The Morgan fingerprint density at radius 3 is 2.76 bits per heavy atom. The minimum Gasteiger partial charge on any atom is -0.340 e. The van der Waals surface area contributed by atoms with Gasteiger partial charge in [-0.1, -0.05) is 12.1 Å². The molecule has 2 aromatic heterocycles. The number of carbonyl (C=O) groups is 1. The van der Waals surface area contributed by atoms with Crippen LogP contribution in [0.3, 0.4) is 0 Å². The Hall–Kier alpha value is -2.47. The summed E-state index contributed by atoms with van der Waals surface area (Å²) >= 11 is 0. The molecule has 1 N–H and O–H groups in total. The number of amides is 1. The third kappa shape index (κ3) is 2.87. The van der Waals surface area contributed by atoms with Crippen LogP contribution in [-0.2, 0) is 11.2 Å². The highest BCUT2D eigenvalue weighted by molar-refractivity contribution is 5.92. The van der Waals surface area contributed by atoms with Gasteiger partial charge in [-0.2, -0.15) is 5.10 Å². The Kier molecular flexibility index (Phi) is 4.13. The molecule has 1 aliphatic heterocycles. The summed E-state index contributed by atoms with van der Waals surface area (Å²) in [7, 11) is 0. The fraction of sp³-hybridized carbons (Fsp3) is 0.421. The number of hydrogen-bond donors (Lipinski definition) is 1. The Balaban J connectivity index is 1.63. The highest BCUT2D eigenvalue weighted by Gasteiger charge is 2.18. The highest BCUT2D eigenvalue weighted by atomic mass is 16.2. The summed E-state index contributed by atoms with van der Waals surface area (Å²) in [4.78, 5) is 19.2. The Morgan fingerprint density at radius 1 is 1.20 bits per heavy atom. The van der Waals surface area contributed by atoms with Crippen LogP contribution in [0.1, 0.15) is 23.4 Å². The van der Waals surface area contributed by atoms with Crippen LogP contribution in [0.5, 0.6) is 0 Å². The Labute approximate surface area is 146 Å². The molecular formula is C19H23N5O. The fourth-order valence-corrected chi connectivity index (χ4v) is 3.64. The van der Waals surface area contributed by atoms with E-state index < -0.39 is 0 Å². The van der Waals surface area contributed by atoms with E-state index >= 15 is 0 Å². The number of nitrogens with zero attached hydrogens (tertiary/aromatic N) is 4. The zero-order valence-electron chi connectivity index (χ0n) is 14.7. The average Bonchev–Trinajstić information content (AvgIpc) is 3.01. The van der Waals surface area contributed by atoms with Crippen molar-refractivity contribution in [2.24, 2.45) is 0 Å². The molecule has 6 nitrogen and oxygen atoms in total. The SMILES string of the molecule is Cc1nc2c3ccccc3nn2c(C)c1CCC(=O)N1CCNCC1. The lowest BCUT2D eigenvalue weighted by Gasteiger charge is -2.27. The molecule has 3 aromatic rings. The van der Waals surface area contributed by atoms with Crippen molar-refractivity contribution in [2.45, 2.75) is 26.7 Å². The number of aryl methyl sites for hydroxylation is 2. The summed E-state index contributed by atoms with van der Waals surface area (Å²) in [5, 5.41) is 9.03. The molecule has 3 heterocycles. The monoisotopic (exact) mass is 337 g/mol. The van der Waals surface area contributed by atoms with E-state index in [9.17, 15) is 4.79 Å². The molecule has 25 heavy (non-hydrogen) atoms. The number of rotatable bonds is 3. The van der Waals surface area contributed by atoms with Crippen molar-refractivity contribution in [3.8, 4) is 0 Å². The molecule has 0 unspecified atom stereocenters. The molecule has 1 amide bonds. The first-order valence-electron chi connectivity index (χ1n) is 8.87. The topological polar surface area (TPSA) is 62.5 Å². The number of piperazine rings is 1. The number of carbonyl (C=O) groups excluding carboxylic acids is 1. The maximum Gasteiger partial charge on any atom is 0.222 e. The van der Waals surface area contributed by atoms with Crippen LogP contribution in [0.4, 0.5) is 0 Å². The second-order valence-corrected chi connectivity index (χ2v) is 6.64. The summed E-state index contributed by atoms with van der Waals surface area (Å²) in [6.07, 6.45) is 1.23. The lowest BCUT2D eigenvalue weighted by Crippen LogP contribution is -2.46. The summed E-state index contributed by atoms with van der Waals surface area (Å²) in [5.74, 6) is 0.228. The van der Waals surface area contributed by atoms with E-state index in [4.69, 9.17) is 4.98 Å². The lowest BCUT2D eigenvalue weighted by molar-refractivity contribution is -0.131. The first kappa shape index (κ1) is 16.0. The van der Waals surface area contributed by atoms with Crippen LogP contribution in [0.15, 0.2) is 24.3 Å². The Bertz CT molecular complexity index is 940. The van der Waals surface area contributed by atoms with Crippen molar-refractivity contribution in [3.05, 3.63) is 41.2 Å². The molecule has 0 aliphatic carbocycles. The minimum atomic E-state index is 0.228. The zero-order valence-corrected chi connectivity index (χ0v) is 14.7. The van der Waals surface area contributed by atoms with E-state index in [0.29, 0.717) is 12.8 Å². The smallest absolute Gasteiger partial charge is 0.222 e. The molecule has 0 spiro atoms. The molecule has 130 valence electrons. The van der Waals surface area contributed by atoms with E-state index in [1.165, 1.54) is 0 Å². The molecule has 0 bridgehead atoms. The highest BCUT2D eigenvalue weighted by Crippen LogP contribution is 2.23. The van der Waals surface area contributed by atoms with Gasteiger partial charge in [-0.25, -0.2) is 9.50 Å². The molecule has 0 saturated carbocycles. The van der Waals surface area contributed by atoms with Crippen LogP contribution in [0.2, 0.25) is 0 Å². The van der Waals surface area contributed by atoms with Crippen LogP contribution in [0, 0.1) is 13.8 Å². The van der Waals surface area contributed by atoms with E-state index in [0.717, 1.165) is 59.7 Å². The average molecular weight is 337 g/mol. The lowest BCUT2D eigenvalue weighted by atomic mass is 10.1. The van der Waals surface area contributed by atoms with Gasteiger partial charge in [0.15, 0.2) is 5.65 Å². The van der Waals surface area contributed by atoms with Crippen molar-refractivity contribution in [1.29, 1.82) is 0 Å². The van der Waals surface area contributed by atoms with Crippen molar-refractivity contribution in [2.75, 3.05) is 26.2 Å². The Morgan fingerprint density at radius 2 is 1.96 bits per heavy atom. The molecule has 6 heteroatoms. The van der Waals surface area contributed by atoms with Gasteiger partial charge in [0.25, 0.3) is 0 Å². The molecular weight excluding hydrogens is 314 g/mol. The predicted molar refractivity (Wildman–Crippen MR) is 97.7 cm³/mol. The van der Waals surface area contributed by atoms with Gasteiger partial charge in [0.1, 0.15) is 0 Å².